The summed E-state index contributed by atoms with van der Waals surface area (Å²) in [4.78, 5) is 16.3. The molecule has 2 aromatic rings. The van der Waals surface area contributed by atoms with Crippen molar-refractivity contribution in [3.63, 3.8) is 0 Å². The average Bonchev–Trinajstić information content (AvgIpc) is 2.42. The Bertz CT molecular complexity index is 392. The van der Waals surface area contributed by atoms with E-state index in [0.29, 0.717) is 0 Å². The summed E-state index contributed by atoms with van der Waals surface area (Å²) < 4.78 is 0. The van der Waals surface area contributed by atoms with Crippen molar-refractivity contribution in [3.8, 4) is 0 Å². The SMILES string of the molecule is CCCNC(c1cncnc1)c1ccncn1. The molecule has 0 aliphatic carbocycles. The Hall–Kier alpha value is -1.88. The standard InChI is InChI=1S/C12H15N5/c1-2-4-16-12(10-6-14-8-15-7-10)11-3-5-13-9-17-11/h3,5-9,12,16H,2,4H2,1H3. The predicted octanol–water partition coefficient (Wildman–Crippen LogP) is 1.36. The van der Waals surface area contributed by atoms with Crippen molar-refractivity contribution >= 4 is 0 Å². The molecule has 0 fully saturated rings. The molecule has 0 aliphatic rings. The van der Waals surface area contributed by atoms with E-state index in [-0.39, 0.29) is 6.04 Å². The minimum absolute atomic E-state index is 0.0270. The highest BCUT2D eigenvalue weighted by Gasteiger charge is 2.14. The van der Waals surface area contributed by atoms with Crippen LogP contribution < -0.4 is 5.32 Å². The van der Waals surface area contributed by atoms with E-state index in [4.69, 9.17) is 0 Å². The molecule has 0 aliphatic heterocycles. The fraction of sp³-hybridized carbons (Fsp3) is 0.333. The van der Waals surface area contributed by atoms with Crippen LogP contribution in [0, 0.1) is 0 Å². The lowest BCUT2D eigenvalue weighted by molar-refractivity contribution is 0.582. The first-order valence-corrected chi connectivity index (χ1v) is 5.66. The molecule has 17 heavy (non-hydrogen) atoms. The van der Waals surface area contributed by atoms with E-state index in [9.17, 15) is 0 Å². The molecule has 88 valence electrons. The van der Waals surface area contributed by atoms with Gasteiger partial charge in [0.15, 0.2) is 0 Å². The van der Waals surface area contributed by atoms with Crippen LogP contribution in [0.3, 0.4) is 0 Å². The van der Waals surface area contributed by atoms with Gasteiger partial charge in [0.25, 0.3) is 0 Å². The Labute approximate surface area is 100 Å². The van der Waals surface area contributed by atoms with Crippen LogP contribution in [0.5, 0.6) is 0 Å². The molecule has 1 N–H and O–H groups in total. The minimum atomic E-state index is 0.0270. The highest BCUT2D eigenvalue weighted by Crippen LogP contribution is 2.17. The third kappa shape index (κ3) is 3.04. The first-order chi connectivity index (χ1) is 8.42. The summed E-state index contributed by atoms with van der Waals surface area (Å²) in [6.45, 7) is 3.05. The molecule has 2 aromatic heterocycles. The lowest BCUT2D eigenvalue weighted by atomic mass is 10.1. The molecule has 2 rings (SSSR count). The molecule has 5 heteroatoms. The van der Waals surface area contributed by atoms with E-state index in [0.717, 1.165) is 24.2 Å². The van der Waals surface area contributed by atoms with Crippen LogP contribution in [0.25, 0.3) is 0 Å². The zero-order valence-corrected chi connectivity index (χ0v) is 9.74. The van der Waals surface area contributed by atoms with Crippen LogP contribution in [-0.4, -0.2) is 26.5 Å². The summed E-state index contributed by atoms with van der Waals surface area (Å²) in [6.07, 6.45) is 9.51. The van der Waals surface area contributed by atoms with Gasteiger partial charge in [0, 0.05) is 24.2 Å². The third-order valence-corrected chi connectivity index (χ3v) is 2.41. The molecule has 0 aromatic carbocycles. The van der Waals surface area contributed by atoms with Gasteiger partial charge in [-0.05, 0) is 19.0 Å². The van der Waals surface area contributed by atoms with Crippen molar-refractivity contribution in [3.05, 3.63) is 48.6 Å². The van der Waals surface area contributed by atoms with Gasteiger partial charge >= 0.3 is 0 Å². The molecule has 0 saturated carbocycles. The van der Waals surface area contributed by atoms with Crippen molar-refractivity contribution in [1.82, 2.24) is 25.3 Å². The van der Waals surface area contributed by atoms with E-state index in [1.54, 1.807) is 12.5 Å². The zero-order valence-electron chi connectivity index (χ0n) is 9.74. The van der Waals surface area contributed by atoms with Crippen LogP contribution in [0.4, 0.5) is 0 Å². The van der Waals surface area contributed by atoms with Crippen LogP contribution in [0.15, 0.2) is 37.3 Å². The molecule has 1 atom stereocenters. The second-order valence-electron chi connectivity index (χ2n) is 3.69. The number of nitrogens with one attached hydrogen (secondary N) is 1. The Balaban J connectivity index is 2.26. The zero-order chi connectivity index (χ0) is 11.9. The van der Waals surface area contributed by atoms with Gasteiger partial charge in [-0.2, -0.15) is 0 Å². The van der Waals surface area contributed by atoms with E-state index in [1.807, 2.05) is 18.5 Å². The Morgan fingerprint density at radius 3 is 2.65 bits per heavy atom. The lowest BCUT2D eigenvalue weighted by Gasteiger charge is -2.17. The molecule has 0 radical (unpaired) electrons. The molecular weight excluding hydrogens is 214 g/mol. The number of rotatable bonds is 5. The molecule has 1 unspecified atom stereocenters. The van der Waals surface area contributed by atoms with E-state index in [1.165, 1.54) is 6.33 Å². The molecule has 5 nitrogen and oxygen atoms in total. The molecular formula is C12H15N5. The van der Waals surface area contributed by atoms with Crippen molar-refractivity contribution in [2.75, 3.05) is 6.54 Å². The maximum atomic E-state index is 4.28. The number of nitrogens with zero attached hydrogens (tertiary/aromatic N) is 4. The van der Waals surface area contributed by atoms with Crippen molar-refractivity contribution in [1.29, 1.82) is 0 Å². The van der Waals surface area contributed by atoms with Crippen molar-refractivity contribution in [2.45, 2.75) is 19.4 Å². The van der Waals surface area contributed by atoms with Crippen LogP contribution in [0.1, 0.15) is 30.6 Å². The largest absolute Gasteiger partial charge is 0.305 e. The van der Waals surface area contributed by atoms with Gasteiger partial charge in [0.2, 0.25) is 0 Å². The molecule has 0 amide bonds. The summed E-state index contributed by atoms with van der Waals surface area (Å²) in [5.74, 6) is 0. The quantitative estimate of drug-likeness (QED) is 0.838. The van der Waals surface area contributed by atoms with Crippen LogP contribution in [0.2, 0.25) is 0 Å². The fourth-order valence-electron chi connectivity index (χ4n) is 1.61. The monoisotopic (exact) mass is 229 g/mol. The van der Waals surface area contributed by atoms with E-state index >= 15 is 0 Å². The second-order valence-corrected chi connectivity index (χ2v) is 3.69. The van der Waals surface area contributed by atoms with Gasteiger partial charge in [0.1, 0.15) is 12.7 Å². The Kier molecular flexibility index (Phi) is 4.10. The summed E-state index contributed by atoms with van der Waals surface area (Å²) in [5.41, 5.74) is 1.95. The molecule has 0 bridgehead atoms. The van der Waals surface area contributed by atoms with Gasteiger partial charge in [0.05, 0.1) is 11.7 Å². The second kappa shape index (κ2) is 6.00. The van der Waals surface area contributed by atoms with Gasteiger partial charge in [-0.15, -0.1) is 0 Å². The highest BCUT2D eigenvalue weighted by molar-refractivity contribution is 5.21. The maximum absolute atomic E-state index is 4.28. The minimum Gasteiger partial charge on any atom is -0.305 e. The van der Waals surface area contributed by atoms with Gasteiger partial charge in [-0.3, -0.25) is 0 Å². The summed E-state index contributed by atoms with van der Waals surface area (Å²) in [7, 11) is 0. The Morgan fingerprint density at radius 2 is 2.00 bits per heavy atom. The average molecular weight is 229 g/mol. The first kappa shape index (κ1) is 11.6. The van der Waals surface area contributed by atoms with Gasteiger partial charge < -0.3 is 5.32 Å². The Morgan fingerprint density at radius 1 is 1.18 bits per heavy atom. The predicted molar refractivity (Wildman–Crippen MR) is 64.2 cm³/mol. The third-order valence-electron chi connectivity index (χ3n) is 2.41. The van der Waals surface area contributed by atoms with Gasteiger partial charge in [-0.25, -0.2) is 19.9 Å². The molecule has 2 heterocycles. The van der Waals surface area contributed by atoms with E-state index in [2.05, 4.69) is 32.2 Å². The molecule has 0 saturated heterocycles. The normalized spacial score (nSPS) is 12.3. The van der Waals surface area contributed by atoms with Crippen LogP contribution in [-0.2, 0) is 0 Å². The van der Waals surface area contributed by atoms with Gasteiger partial charge in [-0.1, -0.05) is 6.92 Å². The highest BCUT2D eigenvalue weighted by atomic mass is 15.0. The van der Waals surface area contributed by atoms with Crippen molar-refractivity contribution in [2.24, 2.45) is 0 Å². The van der Waals surface area contributed by atoms with Crippen LogP contribution >= 0.6 is 0 Å². The fourth-order valence-corrected chi connectivity index (χ4v) is 1.61. The topological polar surface area (TPSA) is 63.6 Å². The lowest BCUT2D eigenvalue weighted by Crippen LogP contribution is -2.24. The maximum Gasteiger partial charge on any atom is 0.115 e. The smallest absolute Gasteiger partial charge is 0.115 e. The number of hydrogen-bond acceptors (Lipinski definition) is 5. The summed E-state index contributed by atoms with van der Waals surface area (Å²) in [5, 5.41) is 3.43. The summed E-state index contributed by atoms with van der Waals surface area (Å²) in [6, 6.07) is 1.93. The van der Waals surface area contributed by atoms with E-state index < -0.39 is 0 Å². The summed E-state index contributed by atoms with van der Waals surface area (Å²) >= 11 is 0. The molecule has 0 spiro atoms. The van der Waals surface area contributed by atoms with Crippen molar-refractivity contribution < 1.29 is 0 Å². The number of aromatic nitrogens is 4. The first-order valence-electron chi connectivity index (χ1n) is 5.66. The number of hydrogen-bond donors (Lipinski definition) is 1.